The van der Waals surface area contributed by atoms with Gasteiger partial charge in [0.1, 0.15) is 22.3 Å². The van der Waals surface area contributed by atoms with E-state index in [9.17, 15) is 0 Å². The molecule has 0 atom stereocenters. The summed E-state index contributed by atoms with van der Waals surface area (Å²) >= 11 is 0. The van der Waals surface area contributed by atoms with Crippen LogP contribution in [0.5, 0.6) is 0 Å². The van der Waals surface area contributed by atoms with Gasteiger partial charge in [-0.05, 0) is 141 Å². The summed E-state index contributed by atoms with van der Waals surface area (Å²) in [5.41, 5.74) is 18.2. The maximum absolute atomic E-state index is 6.64. The molecule has 0 bridgehead atoms. The lowest BCUT2D eigenvalue weighted by molar-refractivity contribution is 0.664. The van der Waals surface area contributed by atoms with Crippen LogP contribution in [0.4, 0.5) is 17.1 Å². The molecule has 12 rings (SSSR count). The molecule has 296 valence electrons. The van der Waals surface area contributed by atoms with Gasteiger partial charge in [0.25, 0.3) is 0 Å². The lowest BCUT2D eigenvalue weighted by atomic mass is 9.93. The third-order valence-corrected chi connectivity index (χ3v) is 12.2. The van der Waals surface area contributed by atoms with Crippen molar-refractivity contribution in [3.8, 4) is 55.6 Å². The smallest absolute Gasteiger partial charge is 0.136 e. The zero-order chi connectivity index (χ0) is 41.7. The van der Waals surface area contributed by atoms with Crippen LogP contribution < -0.4 is 4.90 Å². The number of anilines is 3. The van der Waals surface area contributed by atoms with Crippen molar-refractivity contribution < 1.29 is 8.83 Å². The van der Waals surface area contributed by atoms with Crippen molar-refractivity contribution in [1.29, 1.82) is 0 Å². The fourth-order valence-electron chi connectivity index (χ4n) is 9.06. The van der Waals surface area contributed by atoms with Crippen molar-refractivity contribution >= 4 is 60.9 Å². The molecule has 0 aliphatic heterocycles. The van der Waals surface area contributed by atoms with E-state index < -0.39 is 0 Å². The Bertz CT molecular complexity index is 3430. The molecule has 0 spiro atoms. The number of hydrogen-bond donors (Lipinski definition) is 0. The molecule has 0 N–H and O–H groups in total. The first-order chi connectivity index (χ1) is 31.2. The van der Waals surface area contributed by atoms with Gasteiger partial charge in [-0.2, -0.15) is 0 Å². The molecular formula is C60H39NO2. The van der Waals surface area contributed by atoms with Gasteiger partial charge in [0.15, 0.2) is 0 Å². The second-order valence-corrected chi connectivity index (χ2v) is 16.1. The molecule has 2 heterocycles. The van der Waals surface area contributed by atoms with E-state index in [1.165, 1.54) is 44.5 Å². The topological polar surface area (TPSA) is 29.5 Å². The second kappa shape index (κ2) is 15.3. The van der Waals surface area contributed by atoms with Gasteiger partial charge in [0.05, 0.1) is 0 Å². The van der Waals surface area contributed by atoms with E-state index in [1.54, 1.807) is 0 Å². The molecule has 0 amide bonds. The van der Waals surface area contributed by atoms with E-state index in [0.29, 0.717) is 0 Å². The Labute approximate surface area is 365 Å². The van der Waals surface area contributed by atoms with E-state index in [2.05, 4.69) is 241 Å². The van der Waals surface area contributed by atoms with E-state index in [4.69, 9.17) is 8.83 Å². The SMILES string of the molecule is c1ccc(-c2ccc(N(c3ccc(-c4ccccc4)cc3)c3ccc4oc5cc6c(cc5c4c3)oc3ccc(-c4cc(-c5ccccc5)cc(-c5ccccc5)c4)cc36)cc2)cc1. The zero-order valence-electron chi connectivity index (χ0n) is 34.3. The van der Waals surface area contributed by atoms with E-state index in [0.717, 1.165) is 72.1 Å². The highest BCUT2D eigenvalue weighted by Gasteiger charge is 2.19. The van der Waals surface area contributed by atoms with Crippen LogP contribution in [0.3, 0.4) is 0 Å². The minimum atomic E-state index is 0.825. The van der Waals surface area contributed by atoms with Crippen molar-refractivity contribution in [3.05, 3.63) is 237 Å². The number of nitrogens with zero attached hydrogens (tertiary/aromatic N) is 1. The van der Waals surface area contributed by atoms with E-state index in [1.807, 2.05) is 0 Å². The third kappa shape index (κ3) is 6.73. The molecule has 0 saturated carbocycles. The van der Waals surface area contributed by atoms with Crippen molar-refractivity contribution in [1.82, 2.24) is 0 Å². The molecule has 10 aromatic carbocycles. The van der Waals surface area contributed by atoms with Crippen LogP contribution in [-0.2, 0) is 0 Å². The molecule has 0 fully saturated rings. The van der Waals surface area contributed by atoms with Crippen molar-refractivity contribution in [2.24, 2.45) is 0 Å². The molecule has 0 unspecified atom stereocenters. The van der Waals surface area contributed by atoms with Crippen molar-refractivity contribution in [2.75, 3.05) is 4.90 Å². The number of hydrogen-bond acceptors (Lipinski definition) is 3. The van der Waals surface area contributed by atoms with Gasteiger partial charge in [0.2, 0.25) is 0 Å². The predicted molar refractivity (Wildman–Crippen MR) is 263 cm³/mol. The van der Waals surface area contributed by atoms with Crippen LogP contribution in [-0.4, -0.2) is 0 Å². The molecule has 2 aromatic heterocycles. The zero-order valence-corrected chi connectivity index (χ0v) is 34.3. The van der Waals surface area contributed by atoms with Crippen LogP contribution in [0.15, 0.2) is 245 Å². The normalized spacial score (nSPS) is 11.5. The summed E-state index contributed by atoms with van der Waals surface area (Å²) in [5, 5.41) is 4.13. The Morgan fingerprint density at radius 1 is 0.206 bits per heavy atom. The first kappa shape index (κ1) is 36.5. The van der Waals surface area contributed by atoms with E-state index >= 15 is 0 Å². The second-order valence-electron chi connectivity index (χ2n) is 16.1. The van der Waals surface area contributed by atoms with Gasteiger partial charge in [-0.15, -0.1) is 0 Å². The average Bonchev–Trinajstić information content (AvgIpc) is 3.91. The number of benzene rings is 10. The average molecular weight is 806 g/mol. The molecule has 12 aromatic rings. The highest BCUT2D eigenvalue weighted by Crippen LogP contribution is 2.43. The Morgan fingerprint density at radius 2 is 0.524 bits per heavy atom. The summed E-state index contributed by atoms with van der Waals surface area (Å²) < 4.78 is 13.3. The number of furan rings is 2. The third-order valence-electron chi connectivity index (χ3n) is 12.2. The summed E-state index contributed by atoms with van der Waals surface area (Å²) in [6, 6.07) is 84.1. The summed E-state index contributed by atoms with van der Waals surface area (Å²) in [6.45, 7) is 0. The Balaban J connectivity index is 0.958. The molecule has 0 aliphatic rings. The summed E-state index contributed by atoms with van der Waals surface area (Å²) in [5.74, 6) is 0. The first-order valence-corrected chi connectivity index (χ1v) is 21.4. The lowest BCUT2D eigenvalue weighted by Crippen LogP contribution is -2.09. The van der Waals surface area contributed by atoms with Gasteiger partial charge in [-0.3, -0.25) is 0 Å². The fourth-order valence-corrected chi connectivity index (χ4v) is 9.06. The number of rotatable bonds is 8. The minimum Gasteiger partial charge on any atom is -0.456 e. The fraction of sp³-hybridized carbons (Fsp3) is 0. The molecule has 3 nitrogen and oxygen atoms in total. The lowest BCUT2D eigenvalue weighted by Gasteiger charge is -2.26. The van der Waals surface area contributed by atoms with Gasteiger partial charge in [-0.1, -0.05) is 152 Å². The minimum absolute atomic E-state index is 0.825. The van der Waals surface area contributed by atoms with Gasteiger partial charge >= 0.3 is 0 Å². The molecule has 3 heteroatoms. The highest BCUT2D eigenvalue weighted by molar-refractivity contribution is 6.16. The molecule has 0 aliphatic carbocycles. The molecule has 63 heavy (non-hydrogen) atoms. The maximum atomic E-state index is 6.64. The summed E-state index contributed by atoms with van der Waals surface area (Å²) in [4.78, 5) is 2.32. The van der Waals surface area contributed by atoms with E-state index in [-0.39, 0.29) is 0 Å². The first-order valence-electron chi connectivity index (χ1n) is 21.4. The van der Waals surface area contributed by atoms with Gasteiger partial charge < -0.3 is 13.7 Å². The monoisotopic (exact) mass is 805 g/mol. The molecular weight excluding hydrogens is 767 g/mol. The largest absolute Gasteiger partial charge is 0.456 e. The van der Waals surface area contributed by atoms with Gasteiger partial charge in [-0.25, -0.2) is 0 Å². The summed E-state index contributed by atoms with van der Waals surface area (Å²) in [7, 11) is 0. The quantitative estimate of drug-likeness (QED) is 0.153. The molecule has 0 saturated heterocycles. The van der Waals surface area contributed by atoms with Gasteiger partial charge in [0, 0.05) is 38.6 Å². The Kier molecular flexibility index (Phi) is 8.83. The maximum Gasteiger partial charge on any atom is 0.136 e. The highest BCUT2D eigenvalue weighted by atomic mass is 16.3. The van der Waals surface area contributed by atoms with Crippen LogP contribution in [0, 0.1) is 0 Å². The van der Waals surface area contributed by atoms with Crippen LogP contribution in [0.2, 0.25) is 0 Å². The van der Waals surface area contributed by atoms with Crippen molar-refractivity contribution in [2.45, 2.75) is 0 Å². The van der Waals surface area contributed by atoms with Crippen LogP contribution >= 0.6 is 0 Å². The Morgan fingerprint density at radius 3 is 0.968 bits per heavy atom. The standard InChI is InChI=1S/C60H39NO2/c1-5-13-40(14-6-1)44-21-26-50(27-22-44)61(51-28-23-45(24-29-51)41-15-7-2-8-16-41)52-30-32-58-54(37-52)56-39-59-55(38-60(56)63-58)53-36-46(25-31-57(53)62-59)49-34-47(42-17-9-3-10-18-42)33-48(35-49)43-19-11-4-12-20-43/h1-39H. The number of fused-ring (bicyclic) bond motifs is 6. The molecule has 0 radical (unpaired) electrons. The Hall–Kier alpha value is -8.40. The van der Waals surface area contributed by atoms with Crippen LogP contribution in [0.1, 0.15) is 0 Å². The van der Waals surface area contributed by atoms with Crippen LogP contribution in [0.25, 0.3) is 99.5 Å². The summed E-state index contributed by atoms with van der Waals surface area (Å²) in [6.07, 6.45) is 0. The van der Waals surface area contributed by atoms with Crippen molar-refractivity contribution in [3.63, 3.8) is 0 Å². The predicted octanol–water partition coefficient (Wildman–Crippen LogP) is 17.3.